The van der Waals surface area contributed by atoms with Crippen molar-refractivity contribution in [2.45, 2.75) is 25.2 Å². The Balaban J connectivity index is 1.55. The lowest BCUT2D eigenvalue weighted by Crippen LogP contribution is -2.30. The molecule has 2 saturated heterocycles. The summed E-state index contributed by atoms with van der Waals surface area (Å²) in [5.41, 5.74) is 7.85. The quantitative estimate of drug-likeness (QED) is 0.877. The Morgan fingerprint density at radius 1 is 1.35 bits per heavy atom. The van der Waals surface area contributed by atoms with Crippen molar-refractivity contribution in [3.05, 3.63) is 41.5 Å². The number of nitrogen functional groups attached to an aromatic ring is 1. The SMILES string of the molecule is Nc1cn[nH]c1C1CCN(C(=O)c2cc(N3CCCC3=O)ccc2F)C1. The second kappa shape index (κ2) is 6.44. The molecular weight excluding hydrogens is 337 g/mol. The van der Waals surface area contributed by atoms with Crippen LogP contribution in [-0.2, 0) is 4.79 Å². The topological polar surface area (TPSA) is 95.3 Å². The Bertz CT molecular complexity index is 865. The highest BCUT2D eigenvalue weighted by molar-refractivity contribution is 5.99. The van der Waals surface area contributed by atoms with Gasteiger partial charge in [-0.3, -0.25) is 14.7 Å². The van der Waals surface area contributed by atoms with Crippen LogP contribution in [0, 0.1) is 5.82 Å². The summed E-state index contributed by atoms with van der Waals surface area (Å²) >= 11 is 0. The van der Waals surface area contributed by atoms with Crippen LogP contribution in [0.15, 0.2) is 24.4 Å². The van der Waals surface area contributed by atoms with Gasteiger partial charge in [0.2, 0.25) is 5.91 Å². The number of nitrogens with one attached hydrogen (secondary N) is 1. The van der Waals surface area contributed by atoms with E-state index in [1.54, 1.807) is 22.1 Å². The van der Waals surface area contributed by atoms with Crippen LogP contribution in [0.2, 0.25) is 0 Å². The molecule has 2 amide bonds. The molecule has 2 aliphatic heterocycles. The van der Waals surface area contributed by atoms with Crippen LogP contribution >= 0.6 is 0 Å². The summed E-state index contributed by atoms with van der Waals surface area (Å²) in [6.45, 7) is 1.58. The molecule has 2 fully saturated rings. The second-order valence-corrected chi connectivity index (χ2v) is 6.79. The van der Waals surface area contributed by atoms with Crippen LogP contribution in [0.3, 0.4) is 0 Å². The summed E-state index contributed by atoms with van der Waals surface area (Å²) in [5, 5.41) is 6.80. The third-order valence-electron chi connectivity index (χ3n) is 5.15. The van der Waals surface area contributed by atoms with Gasteiger partial charge in [-0.2, -0.15) is 5.10 Å². The molecule has 0 bridgehead atoms. The second-order valence-electron chi connectivity index (χ2n) is 6.79. The zero-order valence-electron chi connectivity index (χ0n) is 14.2. The average molecular weight is 357 g/mol. The molecule has 1 unspecified atom stereocenters. The number of rotatable bonds is 3. The van der Waals surface area contributed by atoms with E-state index in [-0.39, 0.29) is 23.3 Å². The van der Waals surface area contributed by atoms with E-state index in [0.29, 0.717) is 37.4 Å². The standard InChI is InChI=1S/C18H20FN5O2/c19-14-4-3-12(24-6-1-2-16(24)25)8-13(14)18(26)23-7-5-11(10-23)17-15(20)9-21-22-17/h3-4,8-9,11H,1-2,5-7,10,20H2,(H,21,22). The molecule has 1 atom stereocenters. The number of carbonyl (C=O) groups is 2. The molecule has 3 N–H and O–H groups in total. The number of nitrogens with zero attached hydrogens (tertiary/aromatic N) is 3. The summed E-state index contributed by atoms with van der Waals surface area (Å²) in [6, 6.07) is 4.29. The molecule has 26 heavy (non-hydrogen) atoms. The number of hydrogen-bond donors (Lipinski definition) is 2. The fourth-order valence-corrected chi connectivity index (χ4v) is 3.75. The number of anilines is 2. The number of halogens is 1. The Morgan fingerprint density at radius 2 is 2.19 bits per heavy atom. The van der Waals surface area contributed by atoms with Gasteiger partial charge >= 0.3 is 0 Å². The summed E-state index contributed by atoms with van der Waals surface area (Å²) in [7, 11) is 0. The average Bonchev–Trinajstić information content (AvgIpc) is 3.35. The fraction of sp³-hybridized carbons (Fsp3) is 0.389. The van der Waals surface area contributed by atoms with Crippen molar-refractivity contribution in [2.24, 2.45) is 0 Å². The third kappa shape index (κ3) is 2.81. The van der Waals surface area contributed by atoms with Gasteiger partial charge in [0.25, 0.3) is 5.91 Å². The Kier molecular flexibility index (Phi) is 4.10. The maximum Gasteiger partial charge on any atom is 0.256 e. The van der Waals surface area contributed by atoms with Crippen molar-refractivity contribution < 1.29 is 14.0 Å². The molecule has 1 aromatic heterocycles. The minimum atomic E-state index is -0.574. The smallest absolute Gasteiger partial charge is 0.256 e. The predicted octanol–water partition coefficient (Wildman–Crippen LogP) is 1.89. The van der Waals surface area contributed by atoms with Crippen molar-refractivity contribution in [1.82, 2.24) is 15.1 Å². The first-order valence-electron chi connectivity index (χ1n) is 8.72. The lowest BCUT2D eigenvalue weighted by Gasteiger charge is -2.20. The van der Waals surface area contributed by atoms with Crippen LogP contribution in [-0.4, -0.2) is 46.5 Å². The molecule has 7 nitrogen and oxygen atoms in total. The van der Waals surface area contributed by atoms with Crippen molar-refractivity contribution in [3.63, 3.8) is 0 Å². The van der Waals surface area contributed by atoms with Crippen LogP contribution < -0.4 is 10.6 Å². The van der Waals surface area contributed by atoms with Gasteiger partial charge in [0.15, 0.2) is 0 Å². The first-order valence-corrected chi connectivity index (χ1v) is 8.72. The maximum atomic E-state index is 14.3. The van der Waals surface area contributed by atoms with Crippen molar-refractivity contribution in [2.75, 3.05) is 30.3 Å². The van der Waals surface area contributed by atoms with E-state index in [1.807, 2.05) is 0 Å². The number of aromatic amines is 1. The number of likely N-dealkylation sites (tertiary alicyclic amines) is 1. The summed E-state index contributed by atoms with van der Waals surface area (Å²) in [4.78, 5) is 28.0. The highest BCUT2D eigenvalue weighted by Gasteiger charge is 2.32. The molecule has 0 aliphatic carbocycles. The number of aromatic nitrogens is 2. The number of carbonyl (C=O) groups excluding carboxylic acids is 2. The summed E-state index contributed by atoms with van der Waals surface area (Å²) in [6.07, 6.45) is 3.55. The highest BCUT2D eigenvalue weighted by Crippen LogP contribution is 2.31. The van der Waals surface area contributed by atoms with Crippen LogP contribution in [0.5, 0.6) is 0 Å². The summed E-state index contributed by atoms with van der Waals surface area (Å²) < 4.78 is 14.3. The van der Waals surface area contributed by atoms with Gasteiger partial charge in [0.1, 0.15) is 5.82 Å². The molecule has 136 valence electrons. The number of nitrogens with two attached hydrogens (primary N) is 1. The third-order valence-corrected chi connectivity index (χ3v) is 5.15. The molecule has 2 aliphatic rings. The maximum absolute atomic E-state index is 14.3. The van der Waals surface area contributed by atoms with E-state index in [4.69, 9.17) is 5.73 Å². The van der Waals surface area contributed by atoms with Gasteiger partial charge in [0, 0.05) is 37.7 Å². The molecule has 0 radical (unpaired) electrons. The van der Waals surface area contributed by atoms with Crippen LogP contribution in [0.4, 0.5) is 15.8 Å². The highest BCUT2D eigenvalue weighted by atomic mass is 19.1. The minimum Gasteiger partial charge on any atom is -0.396 e. The molecule has 0 spiro atoms. The largest absolute Gasteiger partial charge is 0.396 e. The molecule has 2 aromatic rings. The van der Waals surface area contributed by atoms with Gasteiger partial charge in [-0.25, -0.2) is 4.39 Å². The Hall–Kier alpha value is -2.90. The van der Waals surface area contributed by atoms with Crippen molar-refractivity contribution in [1.29, 1.82) is 0 Å². The molecule has 4 rings (SSSR count). The van der Waals surface area contributed by atoms with Crippen LogP contribution in [0.1, 0.15) is 41.2 Å². The zero-order valence-corrected chi connectivity index (χ0v) is 14.2. The lowest BCUT2D eigenvalue weighted by atomic mass is 10.0. The normalized spacial score (nSPS) is 20.2. The molecule has 0 saturated carbocycles. The van der Waals surface area contributed by atoms with E-state index in [0.717, 1.165) is 18.5 Å². The number of amides is 2. The summed E-state index contributed by atoms with van der Waals surface area (Å²) in [5.74, 6) is -0.870. The minimum absolute atomic E-state index is 0.000401. The zero-order chi connectivity index (χ0) is 18.3. The lowest BCUT2D eigenvalue weighted by molar-refractivity contribution is -0.117. The van der Waals surface area contributed by atoms with E-state index < -0.39 is 5.82 Å². The van der Waals surface area contributed by atoms with E-state index in [2.05, 4.69) is 10.2 Å². The van der Waals surface area contributed by atoms with Crippen LogP contribution in [0.25, 0.3) is 0 Å². The molecule has 8 heteroatoms. The molecular formula is C18H20FN5O2. The molecule has 1 aromatic carbocycles. The van der Waals surface area contributed by atoms with E-state index in [9.17, 15) is 14.0 Å². The van der Waals surface area contributed by atoms with Gasteiger partial charge in [-0.1, -0.05) is 0 Å². The Morgan fingerprint density at radius 3 is 2.88 bits per heavy atom. The van der Waals surface area contributed by atoms with Gasteiger partial charge in [-0.15, -0.1) is 0 Å². The van der Waals surface area contributed by atoms with Crippen molar-refractivity contribution in [3.8, 4) is 0 Å². The first-order chi connectivity index (χ1) is 12.5. The van der Waals surface area contributed by atoms with Crippen molar-refractivity contribution >= 4 is 23.2 Å². The predicted molar refractivity (Wildman–Crippen MR) is 94.2 cm³/mol. The number of hydrogen-bond acceptors (Lipinski definition) is 4. The fourth-order valence-electron chi connectivity index (χ4n) is 3.75. The monoisotopic (exact) mass is 357 g/mol. The first kappa shape index (κ1) is 16.6. The Labute approximate surface area is 150 Å². The van der Waals surface area contributed by atoms with E-state index in [1.165, 1.54) is 12.1 Å². The number of H-pyrrole nitrogens is 1. The van der Waals surface area contributed by atoms with E-state index >= 15 is 0 Å². The number of benzene rings is 1. The molecule has 3 heterocycles. The van der Waals surface area contributed by atoms with Gasteiger partial charge in [-0.05, 0) is 31.0 Å². The van der Waals surface area contributed by atoms with Gasteiger partial charge < -0.3 is 15.5 Å². The van der Waals surface area contributed by atoms with Gasteiger partial charge in [0.05, 0.1) is 23.1 Å².